The van der Waals surface area contributed by atoms with E-state index in [0.717, 1.165) is 28.8 Å². The summed E-state index contributed by atoms with van der Waals surface area (Å²) in [4.78, 5) is 0. The maximum atomic E-state index is 6.23. The molecule has 1 unspecified atom stereocenters. The summed E-state index contributed by atoms with van der Waals surface area (Å²) in [7, 11) is -0.376. The van der Waals surface area contributed by atoms with Gasteiger partial charge in [-0.05, 0) is 64.7 Å². The highest BCUT2D eigenvalue weighted by molar-refractivity contribution is 6.62. The molecule has 2 aromatic rings. The smallest absolute Gasteiger partial charge is 0.490 e. The van der Waals surface area contributed by atoms with Gasteiger partial charge in [0, 0.05) is 12.0 Å². The molecule has 1 aliphatic rings. The Morgan fingerprint density at radius 1 is 1.07 bits per heavy atom. The lowest BCUT2D eigenvalue weighted by atomic mass is 9.78. The standard InChI is InChI=1S/C24H31BO3/c1-8-10-18(3)26-22-14-13-17(2)15-21(22)19-11-9-12-20(16-19)25-27-23(4,5)24(6,7)28-25/h8-9,11-16,18H,1,10H2,2-7H3. The van der Waals surface area contributed by atoms with Gasteiger partial charge in [0.15, 0.2) is 0 Å². The maximum Gasteiger partial charge on any atom is 0.494 e. The Bertz CT molecular complexity index is 841. The average Bonchev–Trinajstić information content (AvgIpc) is 2.84. The van der Waals surface area contributed by atoms with Gasteiger partial charge >= 0.3 is 7.12 Å². The maximum absolute atomic E-state index is 6.23. The fourth-order valence-electron chi connectivity index (χ4n) is 3.30. The van der Waals surface area contributed by atoms with Crippen molar-refractivity contribution in [3.8, 4) is 16.9 Å². The molecule has 0 bridgehead atoms. The molecule has 2 aromatic carbocycles. The molecule has 4 heteroatoms. The summed E-state index contributed by atoms with van der Waals surface area (Å²) in [5, 5.41) is 0. The minimum absolute atomic E-state index is 0.0743. The van der Waals surface area contributed by atoms with E-state index in [-0.39, 0.29) is 24.4 Å². The SMILES string of the molecule is C=CCC(C)Oc1ccc(C)cc1-c1cccc(B2OC(C)(C)C(C)(C)O2)c1. The van der Waals surface area contributed by atoms with Crippen LogP contribution in [0.2, 0.25) is 0 Å². The van der Waals surface area contributed by atoms with Crippen LogP contribution in [0.15, 0.2) is 55.1 Å². The Labute approximate surface area is 169 Å². The molecule has 0 spiro atoms. The van der Waals surface area contributed by atoms with Crippen molar-refractivity contribution in [1.82, 2.24) is 0 Å². The van der Waals surface area contributed by atoms with Gasteiger partial charge in [0.05, 0.1) is 17.3 Å². The zero-order chi connectivity index (χ0) is 20.5. The van der Waals surface area contributed by atoms with Crippen LogP contribution >= 0.6 is 0 Å². The molecule has 28 heavy (non-hydrogen) atoms. The van der Waals surface area contributed by atoms with Crippen molar-refractivity contribution in [2.45, 2.75) is 65.3 Å². The highest BCUT2D eigenvalue weighted by atomic mass is 16.7. The van der Waals surface area contributed by atoms with Crippen LogP contribution in [0.4, 0.5) is 0 Å². The third-order valence-corrected chi connectivity index (χ3v) is 5.68. The largest absolute Gasteiger partial charge is 0.494 e. The van der Waals surface area contributed by atoms with E-state index >= 15 is 0 Å². The van der Waals surface area contributed by atoms with Crippen LogP contribution in [0, 0.1) is 6.92 Å². The first-order valence-electron chi connectivity index (χ1n) is 9.97. The lowest BCUT2D eigenvalue weighted by Gasteiger charge is -2.32. The fourth-order valence-corrected chi connectivity index (χ4v) is 3.30. The van der Waals surface area contributed by atoms with Crippen LogP contribution < -0.4 is 10.2 Å². The molecule has 0 amide bonds. The van der Waals surface area contributed by atoms with E-state index in [1.54, 1.807) is 0 Å². The molecule has 1 saturated heterocycles. The van der Waals surface area contributed by atoms with Crippen molar-refractivity contribution in [2.24, 2.45) is 0 Å². The van der Waals surface area contributed by atoms with Gasteiger partial charge in [-0.1, -0.05) is 42.0 Å². The third-order valence-electron chi connectivity index (χ3n) is 5.68. The number of hydrogen-bond donors (Lipinski definition) is 0. The average molecular weight is 378 g/mol. The Kier molecular flexibility index (Phi) is 5.74. The zero-order valence-electron chi connectivity index (χ0n) is 17.9. The Morgan fingerprint density at radius 3 is 2.39 bits per heavy atom. The highest BCUT2D eigenvalue weighted by Crippen LogP contribution is 2.37. The van der Waals surface area contributed by atoms with Crippen LogP contribution in [-0.2, 0) is 9.31 Å². The van der Waals surface area contributed by atoms with Crippen LogP contribution in [0.3, 0.4) is 0 Å². The predicted octanol–water partition coefficient (Wildman–Crippen LogP) is 5.30. The van der Waals surface area contributed by atoms with E-state index in [4.69, 9.17) is 14.0 Å². The van der Waals surface area contributed by atoms with Crippen molar-refractivity contribution in [3.63, 3.8) is 0 Å². The van der Waals surface area contributed by atoms with Gasteiger partial charge in [-0.2, -0.15) is 0 Å². The molecule has 0 aromatic heterocycles. The molecule has 3 nitrogen and oxygen atoms in total. The Balaban J connectivity index is 1.95. The summed E-state index contributed by atoms with van der Waals surface area (Å²) in [6.07, 6.45) is 2.77. The molecule has 148 valence electrons. The van der Waals surface area contributed by atoms with Gasteiger partial charge in [-0.15, -0.1) is 6.58 Å². The third kappa shape index (κ3) is 4.18. The summed E-state index contributed by atoms with van der Waals surface area (Å²) in [6, 6.07) is 14.6. The van der Waals surface area contributed by atoms with Crippen molar-refractivity contribution in [2.75, 3.05) is 0 Å². The first kappa shape index (κ1) is 20.7. The van der Waals surface area contributed by atoms with Gasteiger partial charge in [0.25, 0.3) is 0 Å². The van der Waals surface area contributed by atoms with E-state index in [1.165, 1.54) is 5.56 Å². The Hall–Kier alpha value is -2.04. The van der Waals surface area contributed by atoms with Gasteiger partial charge in [0.2, 0.25) is 0 Å². The number of aryl methyl sites for hydroxylation is 1. The minimum Gasteiger partial charge on any atom is -0.490 e. The number of benzene rings is 2. The van der Waals surface area contributed by atoms with Crippen molar-refractivity contribution >= 4 is 12.6 Å². The summed E-state index contributed by atoms with van der Waals surface area (Å²) >= 11 is 0. The summed E-state index contributed by atoms with van der Waals surface area (Å²) in [6.45, 7) is 16.3. The number of hydrogen-bond acceptors (Lipinski definition) is 3. The molecule has 3 rings (SSSR count). The molecule has 1 heterocycles. The van der Waals surface area contributed by atoms with Gasteiger partial charge in [-0.25, -0.2) is 0 Å². The highest BCUT2D eigenvalue weighted by Gasteiger charge is 2.51. The molecule has 1 fully saturated rings. The van der Waals surface area contributed by atoms with Crippen LogP contribution in [0.5, 0.6) is 5.75 Å². The fraction of sp³-hybridized carbons (Fsp3) is 0.417. The lowest BCUT2D eigenvalue weighted by molar-refractivity contribution is 0.00578. The van der Waals surface area contributed by atoms with E-state index in [1.807, 2.05) is 12.1 Å². The second-order valence-corrected chi connectivity index (χ2v) is 8.67. The normalized spacial score (nSPS) is 18.7. The Morgan fingerprint density at radius 2 is 1.75 bits per heavy atom. The van der Waals surface area contributed by atoms with E-state index in [2.05, 4.69) is 84.5 Å². The van der Waals surface area contributed by atoms with Gasteiger partial charge < -0.3 is 14.0 Å². The second kappa shape index (κ2) is 7.77. The van der Waals surface area contributed by atoms with E-state index in [0.29, 0.717) is 0 Å². The summed E-state index contributed by atoms with van der Waals surface area (Å²) in [5.74, 6) is 0.881. The molecule has 0 aliphatic carbocycles. The summed E-state index contributed by atoms with van der Waals surface area (Å²) in [5.41, 5.74) is 3.67. The summed E-state index contributed by atoms with van der Waals surface area (Å²) < 4.78 is 18.6. The van der Waals surface area contributed by atoms with Crippen LogP contribution in [-0.4, -0.2) is 24.4 Å². The molecule has 1 atom stereocenters. The molecule has 0 radical (unpaired) electrons. The molecular formula is C24H31BO3. The van der Waals surface area contributed by atoms with Gasteiger partial charge in [0.1, 0.15) is 5.75 Å². The van der Waals surface area contributed by atoms with Crippen molar-refractivity contribution < 1.29 is 14.0 Å². The van der Waals surface area contributed by atoms with Crippen molar-refractivity contribution in [3.05, 3.63) is 60.7 Å². The van der Waals surface area contributed by atoms with Gasteiger partial charge in [-0.3, -0.25) is 0 Å². The van der Waals surface area contributed by atoms with Crippen LogP contribution in [0.25, 0.3) is 11.1 Å². The topological polar surface area (TPSA) is 27.7 Å². The molecule has 0 N–H and O–H groups in total. The second-order valence-electron chi connectivity index (χ2n) is 8.67. The predicted molar refractivity (Wildman–Crippen MR) is 117 cm³/mol. The molecular weight excluding hydrogens is 347 g/mol. The monoisotopic (exact) mass is 378 g/mol. The molecule has 1 aliphatic heterocycles. The first-order chi connectivity index (χ1) is 13.1. The number of rotatable bonds is 6. The van der Waals surface area contributed by atoms with Crippen LogP contribution in [0.1, 0.15) is 46.6 Å². The zero-order valence-corrected chi connectivity index (χ0v) is 17.9. The first-order valence-corrected chi connectivity index (χ1v) is 9.97. The van der Waals surface area contributed by atoms with E-state index in [9.17, 15) is 0 Å². The number of ether oxygens (including phenoxy) is 1. The molecule has 0 saturated carbocycles. The lowest BCUT2D eigenvalue weighted by Crippen LogP contribution is -2.41. The quantitative estimate of drug-likeness (QED) is 0.504. The minimum atomic E-state index is -0.376. The van der Waals surface area contributed by atoms with Crippen molar-refractivity contribution in [1.29, 1.82) is 0 Å². The van der Waals surface area contributed by atoms with E-state index < -0.39 is 0 Å².